The van der Waals surface area contributed by atoms with Gasteiger partial charge in [-0.2, -0.15) is 13.2 Å². The molecule has 0 aliphatic carbocycles. The van der Waals surface area contributed by atoms with Gasteiger partial charge in [-0.3, -0.25) is 0 Å². The van der Waals surface area contributed by atoms with Crippen LogP contribution < -0.4 is 16.4 Å². The third kappa shape index (κ3) is 6.48. The summed E-state index contributed by atoms with van der Waals surface area (Å²) in [5.74, 6) is 0.410. The average Bonchev–Trinajstić information content (AvgIpc) is 2.35. The predicted octanol–water partition coefficient (Wildman–Crippen LogP) is 3.20. The number of alkyl halides is 3. The van der Waals surface area contributed by atoms with Crippen LogP contribution in [0.25, 0.3) is 0 Å². The first kappa shape index (κ1) is 17.3. The molecule has 1 atom stereocenters. The van der Waals surface area contributed by atoms with E-state index in [9.17, 15) is 18.0 Å². The Morgan fingerprint density at radius 3 is 2.57 bits per heavy atom. The van der Waals surface area contributed by atoms with Crippen LogP contribution in [-0.2, 0) is 6.18 Å². The molecule has 0 saturated heterocycles. The average molecular weight is 303 g/mol. The van der Waals surface area contributed by atoms with E-state index in [1.807, 2.05) is 13.8 Å². The van der Waals surface area contributed by atoms with Crippen molar-refractivity contribution in [3.05, 3.63) is 29.8 Å². The number of anilines is 1. The number of carbonyl (C=O) groups is 1. The van der Waals surface area contributed by atoms with Crippen LogP contribution in [0.4, 0.5) is 23.7 Å². The summed E-state index contributed by atoms with van der Waals surface area (Å²) in [6, 6.07) is 3.70. The summed E-state index contributed by atoms with van der Waals surface area (Å²) < 4.78 is 37.6. The maximum atomic E-state index is 12.5. The molecule has 0 radical (unpaired) electrons. The lowest BCUT2D eigenvalue weighted by Crippen LogP contribution is -2.40. The first-order valence-electron chi connectivity index (χ1n) is 6.66. The second-order valence-electron chi connectivity index (χ2n) is 5.30. The van der Waals surface area contributed by atoms with Gasteiger partial charge in [-0.1, -0.05) is 19.9 Å². The first-order valence-corrected chi connectivity index (χ1v) is 6.66. The molecule has 0 fully saturated rings. The van der Waals surface area contributed by atoms with Gasteiger partial charge in [0.15, 0.2) is 0 Å². The van der Waals surface area contributed by atoms with Crippen molar-refractivity contribution < 1.29 is 18.0 Å². The highest BCUT2D eigenvalue weighted by Gasteiger charge is 2.30. The normalized spacial score (nSPS) is 13.1. The lowest BCUT2D eigenvalue weighted by molar-refractivity contribution is -0.137. The van der Waals surface area contributed by atoms with Gasteiger partial charge in [0.2, 0.25) is 0 Å². The van der Waals surface area contributed by atoms with Crippen LogP contribution in [0.3, 0.4) is 0 Å². The summed E-state index contributed by atoms with van der Waals surface area (Å²) >= 11 is 0. The van der Waals surface area contributed by atoms with Crippen LogP contribution in [-0.4, -0.2) is 18.6 Å². The monoisotopic (exact) mass is 303 g/mol. The van der Waals surface area contributed by atoms with E-state index < -0.39 is 17.8 Å². The van der Waals surface area contributed by atoms with Crippen molar-refractivity contribution in [1.29, 1.82) is 0 Å². The number of halogens is 3. The zero-order valence-corrected chi connectivity index (χ0v) is 12.0. The van der Waals surface area contributed by atoms with Crippen molar-refractivity contribution in [2.24, 2.45) is 11.7 Å². The van der Waals surface area contributed by atoms with Crippen LogP contribution in [0.2, 0.25) is 0 Å². The number of urea groups is 1. The fourth-order valence-corrected chi connectivity index (χ4v) is 1.86. The number of rotatable bonds is 5. The molecule has 0 spiro atoms. The Labute approximate surface area is 121 Å². The first-order chi connectivity index (χ1) is 9.68. The molecule has 1 aromatic carbocycles. The van der Waals surface area contributed by atoms with Gasteiger partial charge >= 0.3 is 12.2 Å². The largest absolute Gasteiger partial charge is 0.416 e. The second-order valence-corrected chi connectivity index (χ2v) is 5.30. The second kappa shape index (κ2) is 7.31. The summed E-state index contributed by atoms with van der Waals surface area (Å²) in [4.78, 5) is 11.6. The highest BCUT2D eigenvalue weighted by atomic mass is 19.4. The van der Waals surface area contributed by atoms with Crippen molar-refractivity contribution in [3.8, 4) is 0 Å². The summed E-state index contributed by atoms with van der Waals surface area (Å²) in [5.41, 5.74) is 5.08. The Balaban J connectivity index is 2.52. The van der Waals surface area contributed by atoms with Crippen molar-refractivity contribution in [1.82, 2.24) is 5.32 Å². The fourth-order valence-electron chi connectivity index (χ4n) is 1.86. The highest BCUT2D eigenvalue weighted by Crippen LogP contribution is 2.30. The molecule has 118 valence electrons. The Bertz CT molecular complexity index is 475. The van der Waals surface area contributed by atoms with Crippen LogP contribution in [0.1, 0.15) is 25.8 Å². The number of hydrogen-bond donors (Lipinski definition) is 3. The molecule has 1 unspecified atom stereocenters. The molecular weight excluding hydrogens is 283 g/mol. The van der Waals surface area contributed by atoms with Crippen molar-refractivity contribution >= 4 is 11.7 Å². The standard InChI is InChI=1S/C14H20F3N3O/c1-9(2)6-11(18)8-19-13(21)20-12-5-3-4-10(7-12)14(15,16)17/h3-5,7,9,11H,6,8,18H2,1-2H3,(H2,19,20,21). The van der Waals surface area contributed by atoms with Crippen molar-refractivity contribution in [3.63, 3.8) is 0 Å². The molecule has 0 saturated carbocycles. The van der Waals surface area contributed by atoms with E-state index in [1.165, 1.54) is 12.1 Å². The van der Waals surface area contributed by atoms with Gasteiger partial charge in [-0.25, -0.2) is 4.79 Å². The molecule has 2 amide bonds. The minimum absolute atomic E-state index is 0.0831. The minimum Gasteiger partial charge on any atom is -0.336 e. The highest BCUT2D eigenvalue weighted by molar-refractivity contribution is 5.89. The zero-order valence-electron chi connectivity index (χ0n) is 12.0. The van der Waals surface area contributed by atoms with E-state index in [0.29, 0.717) is 5.92 Å². The van der Waals surface area contributed by atoms with E-state index in [2.05, 4.69) is 10.6 Å². The van der Waals surface area contributed by atoms with Crippen LogP contribution >= 0.6 is 0 Å². The van der Waals surface area contributed by atoms with Gasteiger partial charge in [0, 0.05) is 18.3 Å². The lowest BCUT2D eigenvalue weighted by atomic mass is 10.0. The molecule has 0 heterocycles. The Kier molecular flexibility index (Phi) is 6.02. The zero-order chi connectivity index (χ0) is 16.0. The molecule has 0 aliphatic heterocycles. The number of nitrogens with one attached hydrogen (secondary N) is 2. The Morgan fingerprint density at radius 1 is 1.33 bits per heavy atom. The van der Waals surface area contributed by atoms with Gasteiger partial charge in [-0.05, 0) is 30.5 Å². The smallest absolute Gasteiger partial charge is 0.336 e. The topological polar surface area (TPSA) is 67.1 Å². The number of nitrogens with two attached hydrogens (primary N) is 1. The SMILES string of the molecule is CC(C)CC(N)CNC(=O)Nc1cccc(C(F)(F)F)c1. The van der Waals surface area contributed by atoms with Crippen LogP contribution in [0, 0.1) is 5.92 Å². The molecule has 4 N–H and O–H groups in total. The minimum atomic E-state index is -4.44. The van der Waals surface area contributed by atoms with Gasteiger partial charge in [0.05, 0.1) is 5.56 Å². The van der Waals surface area contributed by atoms with Crippen molar-refractivity contribution in [2.75, 3.05) is 11.9 Å². The lowest BCUT2D eigenvalue weighted by Gasteiger charge is -2.15. The Morgan fingerprint density at radius 2 is 2.00 bits per heavy atom. The summed E-state index contributed by atoms with van der Waals surface area (Å²) in [6.45, 7) is 4.30. The molecule has 0 aliphatic rings. The van der Waals surface area contributed by atoms with Gasteiger partial charge in [-0.15, -0.1) is 0 Å². The molecule has 7 heteroatoms. The van der Waals surface area contributed by atoms with Gasteiger partial charge < -0.3 is 16.4 Å². The van der Waals surface area contributed by atoms with E-state index in [0.717, 1.165) is 18.6 Å². The number of benzene rings is 1. The fraction of sp³-hybridized carbons (Fsp3) is 0.500. The maximum Gasteiger partial charge on any atom is 0.416 e. The molecule has 1 rings (SSSR count). The molecule has 4 nitrogen and oxygen atoms in total. The summed E-state index contributed by atoms with van der Waals surface area (Å²) in [5, 5.41) is 4.90. The van der Waals surface area contributed by atoms with E-state index in [-0.39, 0.29) is 18.3 Å². The number of carbonyl (C=O) groups excluding carboxylic acids is 1. The van der Waals surface area contributed by atoms with Crippen molar-refractivity contribution in [2.45, 2.75) is 32.5 Å². The molecule has 0 aromatic heterocycles. The molecular formula is C14H20F3N3O. The van der Waals surface area contributed by atoms with Gasteiger partial charge in [0.25, 0.3) is 0 Å². The third-order valence-electron chi connectivity index (χ3n) is 2.75. The third-order valence-corrected chi connectivity index (χ3v) is 2.75. The van der Waals surface area contributed by atoms with E-state index in [4.69, 9.17) is 5.73 Å². The number of amides is 2. The van der Waals surface area contributed by atoms with Crippen LogP contribution in [0.5, 0.6) is 0 Å². The molecule has 21 heavy (non-hydrogen) atoms. The summed E-state index contributed by atoms with van der Waals surface area (Å²) in [7, 11) is 0. The van der Waals surface area contributed by atoms with Crippen LogP contribution in [0.15, 0.2) is 24.3 Å². The maximum absolute atomic E-state index is 12.5. The van der Waals surface area contributed by atoms with E-state index >= 15 is 0 Å². The molecule has 0 bridgehead atoms. The Hall–Kier alpha value is -1.76. The quantitative estimate of drug-likeness (QED) is 0.782. The number of hydrogen-bond acceptors (Lipinski definition) is 2. The predicted molar refractivity (Wildman–Crippen MR) is 75.9 cm³/mol. The molecule has 1 aromatic rings. The van der Waals surface area contributed by atoms with Gasteiger partial charge in [0.1, 0.15) is 0 Å². The summed E-state index contributed by atoms with van der Waals surface area (Å²) in [6.07, 6.45) is -3.68. The van der Waals surface area contributed by atoms with E-state index in [1.54, 1.807) is 0 Å².